The van der Waals surface area contributed by atoms with Gasteiger partial charge in [0.1, 0.15) is 10.6 Å². The van der Waals surface area contributed by atoms with Crippen LogP contribution in [-0.4, -0.2) is 25.1 Å². The monoisotopic (exact) mass is 381 g/mol. The lowest BCUT2D eigenvalue weighted by Crippen LogP contribution is -2.20. The summed E-state index contributed by atoms with van der Waals surface area (Å²) in [5.41, 5.74) is 1.59. The fourth-order valence-corrected chi connectivity index (χ4v) is 3.86. The Hall–Kier alpha value is -2.48. The number of nitrogens with one attached hydrogen (secondary N) is 1. The fourth-order valence-electron chi connectivity index (χ4n) is 2.71. The number of carbonyl (C=O) groups is 2. The first-order valence-electron chi connectivity index (χ1n) is 8.14. The third-order valence-electron chi connectivity index (χ3n) is 3.90. The molecule has 0 atom stereocenters. The van der Waals surface area contributed by atoms with Crippen molar-refractivity contribution in [3.8, 4) is 5.75 Å². The SMILES string of the molecule is O=C(COC(=O)c1cc2c(s1)CCCC2)Nc1ccc(OC(F)F)cc1. The van der Waals surface area contributed by atoms with Crippen molar-refractivity contribution in [2.75, 3.05) is 11.9 Å². The second-order valence-electron chi connectivity index (χ2n) is 5.79. The van der Waals surface area contributed by atoms with Gasteiger partial charge < -0.3 is 14.8 Å². The summed E-state index contributed by atoms with van der Waals surface area (Å²) in [5, 5.41) is 2.52. The van der Waals surface area contributed by atoms with Gasteiger partial charge in [-0.2, -0.15) is 8.78 Å². The standard InChI is InChI=1S/C18H17F2NO4S/c19-18(20)25-13-7-5-12(6-8-13)21-16(22)10-24-17(23)15-9-11-3-1-2-4-14(11)26-15/h5-9,18H,1-4,10H2,(H,21,22). The average Bonchev–Trinajstić information content (AvgIpc) is 3.05. The molecule has 8 heteroatoms. The van der Waals surface area contributed by atoms with Gasteiger partial charge in [0.2, 0.25) is 0 Å². The number of fused-ring (bicyclic) bond motifs is 1. The molecule has 138 valence electrons. The maximum atomic E-state index is 12.1. The van der Waals surface area contributed by atoms with Crippen LogP contribution >= 0.6 is 11.3 Å². The minimum atomic E-state index is -2.90. The van der Waals surface area contributed by atoms with Gasteiger partial charge in [0.15, 0.2) is 6.61 Å². The minimum Gasteiger partial charge on any atom is -0.451 e. The summed E-state index contributed by atoms with van der Waals surface area (Å²) in [6.07, 6.45) is 4.22. The summed E-state index contributed by atoms with van der Waals surface area (Å²) in [6.45, 7) is -3.32. The predicted octanol–water partition coefficient (Wildman–Crippen LogP) is 4.02. The van der Waals surface area contributed by atoms with Gasteiger partial charge >= 0.3 is 12.6 Å². The van der Waals surface area contributed by atoms with E-state index in [1.54, 1.807) is 0 Å². The Morgan fingerprint density at radius 3 is 2.58 bits per heavy atom. The van der Waals surface area contributed by atoms with Crippen LogP contribution in [0.4, 0.5) is 14.5 Å². The van der Waals surface area contributed by atoms with Crippen molar-refractivity contribution in [1.82, 2.24) is 0 Å². The van der Waals surface area contributed by atoms with E-state index in [9.17, 15) is 18.4 Å². The molecule has 5 nitrogen and oxygen atoms in total. The Labute approximate surface area is 152 Å². The number of amides is 1. The maximum Gasteiger partial charge on any atom is 0.387 e. The van der Waals surface area contributed by atoms with E-state index in [1.807, 2.05) is 6.07 Å². The van der Waals surface area contributed by atoms with Gasteiger partial charge in [0.25, 0.3) is 5.91 Å². The number of carbonyl (C=O) groups excluding carboxylic acids is 2. The molecule has 0 fully saturated rings. The average molecular weight is 381 g/mol. The predicted molar refractivity (Wildman–Crippen MR) is 92.9 cm³/mol. The lowest BCUT2D eigenvalue weighted by Gasteiger charge is -2.08. The molecule has 1 aromatic carbocycles. The third-order valence-corrected chi connectivity index (χ3v) is 5.11. The number of alkyl halides is 2. The molecule has 3 rings (SSSR count). The molecule has 0 saturated heterocycles. The summed E-state index contributed by atoms with van der Waals surface area (Å²) in [5.74, 6) is -1.03. The van der Waals surface area contributed by atoms with Crippen LogP contribution in [0.1, 0.15) is 33.0 Å². The van der Waals surface area contributed by atoms with Crippen molar-refractivity contribution >= 4 is 28.9 Å². The van der Waals surface area contributed by atoms with Crippen LogP contribution in [0.25, 0.3) is 0 Å². The summed E-state index contributed by atoms with van der Waals surface area (Å²) in [6, 6.07) is 7.31. The second-order valence-corrected chi connectivity index (χ2v) is 6.93. The van der Waals surface area contributed by atoms with Crippen molar-refractivity contribution in [3.63, 3.8) is 0 Å². The van der Waals surface area contributed by atoms with Gasteiger partial charge in [-0.1, -0.05) is 0 Å². The zero-order valence-electron chi connectivity index (χ0n) is 13.8. The van der Waals surface area contributed by atoms with Gasteiger partial charge in [-0.3, -0.25) is 4.79 Å². The van der Waals surface area contributed by atoms with Gasteiger partial charge in [-0.15, -0.1) is 11.3 Å². The molecular weight excluding hydrogens is 364 g/mol. The van der Waals surface area contributed by atoms with Gasteiger partial charge in [-0.25, -0.2) is 4.79 Å². The molecule has 0 unspecified atom stereocenters. The molecule has 1 aliphatic carbocycles. The molecule has 0 bridgehead atoms. The molecule has 0 saturated carbocycles. The van der Waals surface area contributed by atoms with Gasteiger partial charge in [-0.05, 0) is 61.6 Å². The molecule has 1 N–H and O–H groups in total. The minimum absolute atomic E-state index is 0.00825. The number of ether oxygens (including phenoxy) is 2. The zero-order chi connectivity index (χ0) is 18.5. The summed E-state index contributed by atoms with van der Waals surface area (Å²) in [7, 11) is 0. The van der Waals surface area contributed by atoms with Crippen LogP contribution in [0.15, 0.2) is 30.3 Å². The molecule has 2 aromatic rings. The highest BCUT2D eigenvalue weighted by molar-refractivity contribution is 7.14. The first-order chi connectivity index (χ1) is 12.5. The first kappa shape index (κ1) is 18.3. The third kappa shape index (κ3) is 4.78. The molecule has 1 heterocycles. The number of anilines is 1. The highest BCUT2D eigenvalue weighted by Gasteiger charge is 2.19. The highest BCUT2D eigenvalue weighted by Crippen LogP contribution is 2.30. The Bertz CT molecular complexity index is 765. The summed E-state index contributed by atoms with van der Waals surface area (Å²) in [4.78, 5) is 25.7. The number of aryl methyl sites for hydroxylation is 2. The number of thiophene rings is 1. The van der Waals surface area contributed by atoms with Crippen molar-refractivity contribution in [1.29, 1.82) is 0 Å². The molecule has 1 aliphatic rings. The first-order valence-corrected chi connectivity index (χ1v) is 8.96. The quantitative estimate of drug-likeness (QED) is 0.768. The molecular formula is C18H17F2NO4S. The second kappa shape index (κ2) is 8.27. The lowest BCUT2D eigenvalue weighted by molar-refractivity contribution is -0.119. The number of esters is 1. The van der Waals surface area contributed by atoms with Gasteiger partial charge in [0, 0.05) is 10.6 Å². The summed E-state index contributed by atoms with van der Waals surface area (Å²) < 4.78 is 33.4. The Balaban J connectivity index is 1.49. The smallest absolute Gasteiger partial charge is 0.387 e. The Morgan fingerprint density at radius 2 is 1.88 bits per heavy atom. The number of halogens is 2. The molecule has 1 amide bonds. The topological polar surface area (TPSA) is 64.6 Å². The largest absolute Gasteiger partial charge is 0.451 e. The lowest BCUT2D eigenvalue weighted by atomic mass is 9.99. The van der Waals surface area contributed by atoms with E-state index >= 15 is 0 Å². The Morgan fingerprint density at radius 1 is 1.15 bits per heavy atom. The maximum absolute atomic E-state index is 12.1. The van der Waals surface area contributed by atoms with Crippen LogP contribution in [0.3, 0.4) is 0 Å². The Kier molecular flexibility index (Phi) is 5.82. The highest BCUT2D eigenvalue weighted by atomic mass is 32.1. The summed E-state index contributed by atoms with van der Waals surface area (Å²) >= 11 is 1.42. The van der Waals surface area contributed by atoms with Gasteiger partial charge in [0.05, 0.1) is 0 Å². The molecule has 26 heavy (non-hydrogen) atoms. The van der Waals surface area contributed by atoms with Crippen LogP contribution in [-0.2, 0) is 22.4 Å². The fraction of sp³-hybridized carbons (Fsp3) is 0.333. The molecule has 0 radical (unpaired) electrons. The van der Waals surface area contributed by atoms with E-state index < -0.39 is 25.1 Å². The van der Waals surface area contributed by atoms with E-state index in [4.69, 9.17) is 4.74 Å². The van der Waals surface area contributed by atoms with E-state index in [0.717, 1.165) is 25.7 Å². The van der Waals surface area contributed by atoms with Crippen molar-refractivity contribution in [2.45, 2.75) is 32.3 Å². The van der Waals surface area contributed by atoms with E-state index in [0.29, 0.717) is 10.6 Å². The van der Waals surface area contributed by atoms with Crippen LogP contribution in [0.5, 0.6) is 5.75 Å². The van der Waals surface area contributed by atoms with Crippen LogP contribution < -0.4 is 10.1 Å². The van der Waals surface area contributed by atoms with Crippen molar-refractivity contribution < 1.29 is 27.8 Å². The molecule has 0 spiro atoms. The number of benzene rings is 1. The molecule has 0 aliphatic heterocycles. The van der Waals surface area contributed by atoms with E-state index in [1.165, 1.54) is 46.0 Å². The number of hydrogen-bond donors (Lipinski definition) is 1. The van der Waals surface area contributed by atoms with Crippen LogP contribution in [0.2, 0.25) is 0 Å². The van der Waals surface area contributed by atoms with Crippen molar-refractivity contribution in [2.24, 2.45) is 0 Å². The normalized spacial score (nSPS) is 13.2. The molecule has 1 aromatic heterocycles. The van der Waals surface area contributed by atoms with Crippen LogP contribution in [0, 0.1) is 0 Å². The number of rotatable bonds is 6. The zero-order valence-corrected chi connectivity index (χ0v) is 14.6. The van der Waals surface area contributed by atoms with E-state index in [2.05, 4.69) is 10.1 Å². The van der Waals surface area contributed by atoms with Crippen molar-refractivity contribution in [3.05, 3.63) is 45.6 Å². The number of hydrogen-bond acceptors (Lipinski definition) is 5. The van der Waals surface area contributed by atoms with E-state index in [-0.39, 0.29) is 5.75 Å².